The van der Waals surface area contributed by atoms with Crippen molar-refractivity contribution in [1.82, 2.24) is 10.3 Å². The molecule has 4 nitrogen and oxygen atoms in total. The van der Waals surface area contributed by atoms with Crippen LogP contribution in [0.25, 0.3) is 17.0 Å². The second-order valence-corrected chi connectivity index (χ2v) is 6.26. The highest BCUT2D eigenvalue weighted by Gasteiger charge is 2.32. The van der Waals surface area contributed by atoms with Gasteiger partial charge in [-0.25, -0.2) is 0 Å². The fourth-order valence-electron chi connectivity index (χ4n) is 3.49. The molecule has 3 aromatic rings. The van der Waals surface area contributed by atoms with Crippen LogP contribution in [0.5, 0.6) is 0 Å². The van der Waals surface area contributed by atoms with E-state index in [1.54, 1.807) is 0 Å². The van der Waals surface area contributed by atoms with Gasteiger partial charge in [-0.2, -0.15) is 0 Å². The third-order valence-electron chi connectivity index (χ3n) is 4.71. The number of hydrogen-bond donors (Lipinski definition) is 2. The van der Waals surface area contributed by atoms with Crippen molar-refractivity contribution in [2.75, 3.05) is 7.11 Å². The Bertz CT molecular complexity index is 927. The second kappa shape index (κ2) is 6.57. The van der Waals surface area contributed by atoms with Crippen molar-refractivity contribution in [2.24, 2.45) is 0 Å². The molecule has 1 aromatic heterocycles. The molecular weight excluding hydrogens is 312 g/mol. The highest BCUT2D eigenvalue weighted by molar-refractivity contribution is 5.87. The van der Waals surface area contributed by atoms with Crippen molar-refractivity contribution in [3.05, 3.63) is 77.5 Å². The molecule has 2 atom stereocenters. The fourth-order valence-corrected chi connectivity index (χ4v) is 3.49. The number of rotatable bonds is 3. The number of esters is 1. The molecule has 2 N–H and O–H groups in total. The van der Waals surface area contributed by atoms with Gasteiger partial charge in [0.25, 0.3) is 0 Å². The van der Waals surface area contributed by atoms with Crippen LogP contribution in [0.3, 0.4) is 0 Å². The summed E-state index contributed by atoms with van der Waals surface area (Å²) in [5, 5.41) is 4.57. The number of carbonyl (C=O) groups is 1. The molecular formula is C21H20N2O2. The molecule has 1 aliphatic rings. The highest BCUT2D eigenvalue weighted by Crippen LogP contribution is 2.33. The predicted octanol–water partition coefficient (Wildman–Crippen LogP) is 3.61. The largest absolute Gasteiger partial charge is 0.468 e. The molecule has 4 rings (SSSR count). The molecule has 126 valence electrons. The van der Waals surface area contributed by atoms with E-state index in [2.05, 4.69) is 46.7 Å². The zero-order chi connectivity index (χ0) is 17.2. The summed E-state index contributed by atoms with van der Waals surface area (Å²) in [4.78, 5) is 15.6. The Morgan fingerprint density at radius 3 is 2.68 bits per heavy atom. The standard InChI is InChI=1S/C21H20N2O2/c1-25-21(24)19-13-16-15-9-5-6-10-17(15)23-20(16)18(22-19)12-11-14-7-3-2-4-8-14/h2-12,18-19,22-23H,13H2,1H3. The summed E-state index contributed by atoms with van der Waals surface area (Å²) in [6.45, 7) is 0. The van der Waals surface area contributed by atoms with Gasteiger partial charge in [-0.15, -0.1) is 0 Å². The maximum atomic E-state index is 12.1. The summed E-state index contributed by atoms with van der Waals surface area (Å²) < 4.78 is 4.97. The lowest BCUT2D eigenvalue weighted by Gasteiger charge is -2.28. The fraction of sp³-hybridized carbons (Fsp3) is 0.190. The quantitative estimate of drug-likeness (QED) is 0.721. The Kier molecular flexibility index (Phi) is 4.12. The molecule has 2 aromatic carbocycles. The minimum atomic E-state index is -0.345. The van der Waals surface area contributed by atoms with Crippen molar-refractivity contribution in [2.45, 2.75) is 18.5 Å². The van der Waals surface area contributed by atoms with E-state index in [9.17, 15) is 4.79 Å². The number of H-pyrrole nitrogens is 1. The van der Waals surface area contributed by atoms with Gasteiger partial charge in [0.05, 0.1) is 13.2 Å². The molecule has 25 heavy (non-hydrogen) atoms. The van der Waals surface area contributed by atoms with Gasteiger partial charge in [0.1, 0.15) is 6.04 Å². The normalized spacial score (nSPS) is 19.9. The number of methoxy groups -OCH3 is 1. The molecule has 0 amide bonds. The lowest BCUT2D eigenvalue weighted by Crippen LogP contribution is -2.44. The van der Waals surface area contributed by atoms with Crippen molar-refractivity contribution in [3.8, 4) is 0 Å². The van der Waals surface area contributed by atoms with Crippen LogP contribution < -0.4 is 5.32 Å². The average molecular weight is 332 g/mol. The Balaban J connectivity index is 1.75. The molecule has 4 heteroatoms. The Morgan fingerprint density at radius 2 is 1.88 bits per heavy atom. The Morgan fingerprint density at radius 1 is 1.12 bits per heavy atom. The number of aromatic nitrogens is 1. The van der Waals surface area contributed by atoms with Crippen LogP contribution in [0.15, 0.2) is 60.7 Å². The first-order valence-electron chi connectivity index (χ1n) is 8.43. The van der Waals surface area contributed by atoms with Crippen LogP contribution >= 0.6 is 0 Å². The van der Waals surface area contributed by atoms with Gasteiger partial charge in [0.15, 0.2) is 0 Å². The molecule has 0 radical (unpaired) electrons. The summed E-state index contributed by atoms with van der Waals surface area (Å²) in [6, 6.07) is 17.9. The number of nitrogens with one attached hydrogen (secondary N) is 2. The summed E-state index contributed by atoms with van der Waals surface area (Å²) >= 11 is 0. The van der Waals surface area contributed by atoms with E-state index in [0.717, 1.165) is 16.8 Å². The summed E-state index contributed by atoms with van der Waals surface area (Å²) in [5.41, 5.74) is 4.53. The van der Waals surface area contributed by atoms with E-state index < -0.39 is 0 Å². The highest BCUT2D eigenvalue weighted by atomic mass is 16.5. The van der Waals surface area contributed by atoms with Gasteiger partial charge in [-0.05, 0) is 17.2 Å². The van der Waals surface area contributed by atoms with Crippen LogP contribution in [0.1, 0.15) is 22.9 Å². The van der Waals surface area contributed by atoms with Crippen LogP contribution in [0.2, 0.25) is 0 Å². The number of hydrogen-bond acceptors (Lipinski definition) is 3. The van der Waals surface area contributed by atoms with Gasteiger partial charge < -0.3 is 9.72 Å². The number of para-hydroxylation sites is 1. The third kappa shape index (κ3) is 2.96. The molecule has 0 spiro atoms. The number of ether oxygens (including phenoxy) is 1. The van der Waals surface area contributed by atoms with Gasteiger partial charge in [0, 0.05) is 23.0 Å². The summed E-state index contributed by atoms with van der Waals surface area (Å²) in [6.07, 6.45) is 4.80. The van der Waals surface area contributed by atoms with E-state index >= 15 is 0 Å². The van der Waals surface area contributed by atoms with E-state index in [1.165, 1.54) is 18.1 Å². The number of fused-ring (bicyclic) bond motifs is 3. The van der Waals surface area contributed by atoms with Gasteiger partial charge >= 0.3 is 5.97 Å². The molecule has 0 aliphatic carbocycles. The first-order chi connectivity index (χ1) is 12.3. The average Bonchev–Trinajstić information content (AvgIpc) is 3.05. The van der Waals surface area contributed by atoms with Gasteiger partial charge in [-0.3, -0.25) is 10.1 Å². The number of carbonyl (C=O) groups excluding carboxylic acids is 1. The van der Waals surface area contributed by atoms with E-state index in [4.69, 9.17) is 4.74 Å². The smallest absolute Gasteiger partial charge is 0.323 e. The van der Waals surface area contributed by atoms with E-state index in [1.807, 2.05) is 30.3 Å². The van der Waals surface area contributed by atoms with Crippen molar-refractivity contribution < 1.29 is 9.53 Å². The summed E-state index contributed by atoms with van der Waals surface area (Å²) in [7, 11) is 1.43. The number of benzene rings is 2. The monoisotopic (exact) mass is 332 g/mol. The van der Waals surface area contributed by atoms with E-state index in [0.29, 0.717) is 6.42 Å². The maximum Gasteiger partial charge on any atom is 0.323 e. The third-order valence-corrected chi connectivity index (χ3v) is 4.71. The van der Waals surface area contributed by atoms with Crippen molar-refractivity contribution in [3.63, 3.8) is 0 Å². The first-order valence-corrected chi connectivity index (χ1v) is 8.43. The zero-order valence-electron chi connectivity index (χ0n) is 14.0. The SMILES string of the molecule is COC(=O)C1Cc2c([nH]c3ccccc23)C(C=Cc2ccccc2)N1. The van der Waals surface area contributed by atoms with Crippen LogP contribution in [-0.2, 0) is 16.0 Å². The Hall–Kier alpha value is -2.85. The molecule has 0 saturated heterocycles. The van der Waals surface area contributed by atoms with Gasteiger partial charge in [-0.1, -0.05) is 60.7 Å². The summed E-state index contributed by atoms with van der Waals surface area (Å²) in [5.74, 6) is -0.228. The van der Waals surface area contributed by atoms with E-state index in [-0.39, 0.29) is 18.1 Å². The van der Waals surface area contributed by atoms with Crippen LogP contribution in [0, 0.1) is 0 Å². The predicted molar refractivity (Wildman–Crippen MR) is 99.2 cm³/mol. The lowest BCUT2D eigenvalue weighted by molar-refractivity contribution is -0.143. The second-order valence-electron chi connectivity index (χ2n) is 6.26. The van der Waals surface area contributed by atoms with Crippen molar-refractivity contribution >= 4 is 22.9 Å². The Labute approximate surface area is 146 Å². The maximum absolute atomic E-state index is 12.1. The lowest BCUT2D eigenvalue weighted by atomic mass is 9.93. The van der Waals surface area contributed by atoms with Crippen LogP contribution in [-0.4, -0.2) is 24.1 Å². The van der Waals surface area contributed by atoms with Crippen LogP contribution in [0.4, 0.5) is 0 Å². The minimum Gasteiger partial charge on any atom is -0.468 e. The molecule has 0 fully saturated rings. The molecule has 0 bridgehead atoms. The zero-order valence-corrected chi connectivity index (χ0v) is 14.0. The molecule has 0 saturated carbocycles. The number of aromatic amines is 1. The van der Waals surface area contributed by atoms with Gasteiger partial charge in [0.2, 0.25) is 0 Å². The molecule has 1 aliphatic heterocycles. The topological polar surface area (TPSA) is 54.1 Å². The molecule has 2 heterocycles. The minimum absolute atomic E-state index is 0.0690. The van der Waals surface area contributed by atoms with Crippen molar-refractivity contribution in [1.29, 1.82) is 0 Å². The first kappa shape index (κ1) is 15.7. The molecule has 2 unspecified atom stereocenters.